The van der Waals surface area contributed by atoms with E-state index in [1.54, 1.807) is 12.1 Å². The van der Waals surface area contributed by atoms with E-state index in [-0.39, 0.29) is 10.6 Å². The Balaban J connectivity index is 2.00. The van der Waals surface area contributed by atoms with Gasteiger partial charge in [-0.3, -0.25) is 10.1 Å². The first-order valence-electron chi connectivity index (χ1n) is 5.73. The molecule has 0 saturated heterocycles. The number of hydrogen-bond donors (Lipinski definition) is 1. The summed E-state index contributed by atoms with van der Waals surface area (Å²) in [5, 5.41) is 14.2. The van der Waals surface area contributed by atoms with Crippen LogP contribution in [0.5, 0.6) is 0 Å². The second kappa shape index (κ2) is 5.07. The Kier molecular flexibility index (Phi) is 3.51. The van der Waals surface area contributed by atoms with E-state index < -0.39 is 0 Å². The van der Waals surface area contributed by atoms with Crippen molar-refractivity contribution in [3.63, 3.8) is 0 Å². The molecule has 0 bridgehead atoms. The Bertz CT molecular complexity index is 373. The molecule has 0 amide bonds. The van der Waals surface area contributed by atoms with Gasteiger partial charge in [-0.2, -0.15) is 0 Å². The molecule has 16 heavy (non-hydrogen) atoms. The highest BCUT2D eigenvalue weighted by Gasteiger charge is 2.16. The molecule has 0 radical (unpaired) electrons. The fourth-order valence-corrected chi connectivity index (χ4v) is 2.22. The third kappa shape index (κ3) is 2.58. The maximum absolute atomic E-state index is 10.8. The van der Waals surface area contributed by atoms with Gasteiger partial charge in [-0.15, -0.1) is 0 Å². The highest BCUT2D eigenvalue weighted by atomic mass is 16.6. The largest absolute Gasteiger partial charge is 0.310 e. The summed E-state index contributed by atoms with van der Waals surface area (Å²) in [5.41, 5.74) is 0.993. The molecular formula is C12H16N2O2. The molecule has 0 aromatic heterocycles. The molecule has 1 N–H and O–H groups in total. The maximum Gasteiger partial charge on any atom is 0.273 e. The van der Waals surface area contributed by atoms with E-state index in [2.05, 4.69) is 5.32 Å². The Hall–Kier alpha value is -1.42. The maximum atomic E-state index is 10.8. The number of nitrogens with one attached hydrogen (secondary N) is 1. The Morgan fingerprint density at radius 1 is 1.31 bits per heavy atom. The smallest absolute Gasteiger partial charge is 0.273 e. The fraction of sp³-hybridized carbons (Fsp3) is 0.500. The Labute approximate surface area is 94.8 Å². The molecule has 0 heterocycles. The quantitative estimate of drug-likeness (QED) is 0.626. The van der Waals surface area contributed by atoms with Crippen molar-refractivity contribution in [3.05, 3.63) is 39.9 Å². The molecule has 4 nitrogen and oxygen atoms in total. The minimum Gasteiger partial charge on any atom is -0.310 e. The predicted molar refractivity (Wildman–Crippen MR) is 62.2 cm³/mol. The van der Waals surface area contributed by atoms with Crippen LogP contribution in [0.15, 0.2) is 24.3 Å². The van der Waals surface area contributed by atoms with Crippen molar-refractivity contribution in [1.29, 1.82) is 0 Å². The van der Waals surface area contributed by atoms with E-state index >= 15 is 0 Å². The SMILES string of the molecule is O=[N+]([O-])c1ccccc1CNC1CCCC1. The second-order valence-corrected chi connectivity index (χ2v) is 4.25. The summed E-state index contributed by atoms with van der Waals surface area (Å²) < 4.78 is 0. The van der Waals surface area contributed by atoms with Crippen LogP contribution in [0.2, 0.25) is 0 Å². The molecule has 0 aliphatic heterocycles. The van der Waals surface area contributed by atoms with E-state index in [4.69, 9.17) is 0 Å². The molecule has 0 unspecified atom stereocenters. The molecule has 86 valence electrons. The van der Waals surface area contributed by atoms with Crippen LogP contribution in [0, 0.1) is 10.1 Å². The third-order valence-corrected chi connectivity index (χ3v) is 3.12. The van der Waals surface area contributed by atoms with Gasteiger partial charge in [-0.05, 0) is 12.8 Å². The zero-order valence-electron chi connectivity index (χ0n) is 9.19. The van der Waals surface area contributed by atoms with Crippen molar-refractivity contribution in [1.82, 2.24) is 5.32 Å². The molecule has 0 atom stereocenters. The van der Waals surface area contributed by atoms with E-state index in [1.807, 2.05) is 12.1 Å². The zero-order chi connectivity index (χ0) is 11.4. The third-order valence-electron chi connectivity index (χ3n) is 3.12. The molecule has 1 saturated carbocycles. The number of benzene rings is 1. The van der Waals surface area contributed by atoms with Gasteiger partial charge in [0.15, 0.2) is 0 Å². The lowest BCUT2D eigenvalue weighted by molar-refractivity contribution is -0.385. The van der Waals surface area contributed by atoms with Gasteiger partial charge < -0.3 is 5.32 Å². The van der Waals surface area contributed by atoms with Crippen molar-refractivity contribution in [2.45, 2.75) is 38.3 Å². The van der Waals surface area contributed by atoms with E-state index in [0.717, 1.165) is 5.56 Å². The molecular weight excluding hydrogens is 204 g/mol. The zero-order valence-corrected chi connectivity index (χ0v) is 9.19. The van der Waals surface area contributed by atoms with Gasteiger partial charge in [0.2, 0.25) is 0 Å². The average Bonchev–Trinajstić information content (AvgIpc) is 2.79. The number of rotatable bonds is 4. The molecule has 1 aliphatic rings. The van der Waals surface area contributed by atoms with Gasteiger partial charge in [-0.25, -0.2) is 0 Å². The van der Waals surface area contributed by atoms with Gasteiger partial charge in [0.1, 0.15) is 0 Å². The fourth-order valence-electron chi connectivity index (χ4n) is 2.22. The van der Waals surface area contributed by atoms with Gasteiger partial charge >= 0.3 is 0 Å². The molecule has 1 fully saturated rings. The Morgan fingerprint density at radius 2 is 2.00 bits per heavy atom. The van der Waals surface area contributed by atoms with Crippen LogP contribution >= 0.6 is 0 Å². The summed E-state index contributed by atoms with van der Waals surface area (Å²) in [6.07, 6.45) is 4.93. The molecule has 4 heteroatoms. The van der Waals surface area contributed by atoms with Crippen LogP contribution in [0.1, 0.15) is 31.2 Å². The van der Waals surface area contributed by atoms with Crippen LogP contribution in [0.4, 0.5) is 5.69 Å². The summed E-state index contributed by atoms with van der Waals surface area (Å²) >= 11 is 0. The van der Waals surface area contributed by atoms with Gasteiger partial charge in [-0.1, -0.05) is 31.0 Å². The minimum absolute atomic E-state index is 0.216. The number of nitro benzene ring substituents is 1. The number of nitrogens with zero attached hydrogens (tertiary/aromatic N) is 1. The van der Waals surface area contributed by atoms with Crippen molar-refractivity contribution in [3.8, 4) is 0 Å². The molecule has 0 spiro atoms. The van der Waals surface area contributed by atoms with Gasteiger partial charge in [0.05, 0.1) is 4.92 Å². The first-order chi connectivity index (χ1) is 7.77. The van der Waals surface area contributed by atoms with Gasteiger partial charge in [0.25, 0.3) is 5.69 Å². The lowest BCUT2D eigenvalue weighted by Crippen LogP contribution is -2.25. The van der Waals surface area contributed by atoms with Crippen molar-refractivity contribution in [2.24, 2.45) is 0 Å². The van der Waals surface area contributed by atoms with Crippen molar-refractivity contribution >= 4 is 5.69 Å². The highest BCUT2D eigenvalue weighted by Crippen LogP contribution is 2.21. The number of para-hydroxylation sites is 1. The monoisotopic (exact) mass is 220 g/mol. The van der Waals surface area contributed by atoms with Crippen LogP contribution < -0.4 is 5.32 Å². The first kappa shape index (κ1) is 11.1. The lowest BCUT2D eigenvalue weighted by atomic mass is 10.1. The van der Waals surface area contributed by atoms with Crippen LogP contribution in [-0.4, -0.2) is 11.0 Å². The molecule has 1 aromatic carbocycles. The summed E-state index contributed by atoms with van der Waals surface area (Å²) in [5.74, 6) is 0. The summed E-state index contributed by atoms with van der Waals surface area (Å²) in [6.45, 7) is 0.599. The summed E-state index contributed by atoms with van der Waals surface area (Å²) in [7, 11) is 0. The molecule has 1 aromatic rings. The van der Waals surface area contributed by atoms with E-state index in [9.17, 15) is 10.1 Å². The molecule has 1 aliphatic carbocycles. The van der Waals surface area contributed by atoms with Crippen LogP contribution in [-0.2, 0) is 6.54 Å². The highest BCUT2D eigenvalue weighted by molar-refractivity contribution is 5.39. The van der Waals surface area contributed by atoms with E-state index in [0.29, 0.717) is 12.6 Å². The van der Waals surface area contributed by atoms with Crippen LogP contribution in [0.3, 0.4) is 0 Å². The van der Waals surface area contributed by atoms with Crippen molar-refractivity contribution in [2.75, 3.05) is 0 Å². The predicted octanol–water partition coefficient (Wildman–Crippen LogP) is 2.63. The standard InChI is InChI=1S/C12H16N2O2/c15-14(16)12-8-4-1-5-10(12)9-13-11-6-2-3-7-11/h1,4-5,8,11,13H,2-3,6-7,9H2. The summed E-state index contributed by atoms with van der Waals surface area (Å²) in [4.78, 5) is 10.5. The number of nitro groups is 1. The first-order valence-corrected chi connectivity index (χ1v) is 5.73. The number of hydrogen-bond acceptors (Lipinski definition) is 3. The van der Waals surface area contributed by atoms with Crippen molar-refractivity contribution < 1.29 is 4.92 Å². The van der Waals surface area contributed by atoms with Crippen LogP contribution in [0.25, 0.3) is 0 Å². The molecule has 2 rings (SSSR count). The van der Waals surface area contributed by atoms with Gasteiger partial charge in [0, 0.05) is 24.2 Å². The van der Waals surface area contributed by atoms with E-state index in [1.165, 1.54) is 25.7 Å². The minimum atomic E-state index is -0.314. The average molecular weight is 220 g/mol. The second-order valence-electron chi connectivity index (χ2n) is 4.25. The normalized spacial score (nSPS) is 16.5. The lowest BCUT2D eigenvalue weighted by Gasteiger charge is -2.11. The summed E-state index contributed by atoms with van der Waals surface area (Å²) in [6, 6.07) is 7.47. The topological polar surface area (TPSA) is 55.2 Å². The Morgan fingerprint density at radius 3 is 2.69 bits per heavy atom.